The maximum Gasteiger partial charge on any atom is 0.179 e. The Morgan fingerprint density at radius 2 is 2.00 bits per heavy atom. The van der Waals surface area contributed by atoms with E-state index in [1.807, 2.05) is 26.0 Å². The van der Waals surface area contributed by atoms with Crippen LogP contribution in [0.15, 0.2) is 16.6 Å². The van der Waals surface area contributed by atoms with E-state index in [2.05, 4.69) is 15.9 Å². The summed E-state index contributed by atoms with van der Waals surface area (Å²) in [4.78, 5) is 11.7. The molecule has 0 aliphatic carbocycles. The number of hydrogen-bond acceptors (Lipinski definition) is 2. The van der Waals surface area contributed by atoms with Gasteiger partial charge in [-0.15, -0.1) is 0 Å². The minimum absolute atomic E-state index is 0.00750. The van der Waals surface area contributed by atoms with Crippen molar-refractivity contribution < 1.29 is 4.79 Å². The Labute approximate surface area is 92.6 Å². The highest BCUT2D eigenvalue weighted by Gasteiger charge is 2.14. The summed E-state index contributed by atoms with van der Waals surface area (Å²) in [5, 5.41) is 0. The van der Waals surface area contributed by atoms with Crippen LogP contribution in [0.5, 0.6) is 0 Å². The van der Waals surface area contributed by atoms with Crippen LogP contribution >= 0.6 is 15.9 Å². The fraction of sp³-hybridized carbons (Fsp3) is 0.364. The standard InChI is InChI=1S/C11H14BrNO/c1-6-4-9(12)5-10(7(6)2)11(14)8(3)13/h4-5,8H,13H2,1-3H3. The molecular formula is C11H14BrNO. The number of rotatable bonds is 2. The summed E-state index contributed by atoms with van der Waals surface area (Å²) in [5.74, 6) is -0.00750. The van der Waals surface area contributed by atoms with Crippen molar-refractivity contribution in [3.63, 3.8) is 0 Å². The van der Waals surface area contributed by atoms with Crippen molar-refractivity contribution in [3.8, 4) is 0 Å². The van der Waals surface area contributed by atoms with Gasteiger partial charge in [-0.05, 0) is 44.0 Å². The van der Waals surface area contributed by atoms with E-state index in [1.165, 1.54) is 0 Å². The lowest BCUT2D eigenvalue weighted by molar-refractivity contribution is 0.0967. The van der Waals surface area contributed by atoms with Gasteiger partial charge in [0.25, 0.3) is 0 Å². The number of aryl methyl sites for hydroxylation is 1. The second kappa shape index (κ2) is 4.24. The lowest BCUT2D eigenvalue weighted by Gasteiger charge is -2.10. The van der Waals surface area contributed by atoms with Crippen molar-refractivity contribution in [1.82, 2.24) is 0 Å². The first-order valence-corrected chi connectivity index (χ1v) is 5.29. The summed E-state index contributed by atoms with van der Waals surface area (Å²) < 4.78 is 0.921. The molecule has 1 atom stereocenters. The predicted octanol–water partition coefficient (Wildman–Crippen LogP) is 2.60. The monoisotopic (exact) mass is 255 g/mol. The van der Waals surface area contributed by atoms with Gasteiger partial charge >= 0.3 is 0 Å². The average molecular weight is 256 g/mol. The first-order valence-electron chi connectivity index (χ1n) is 4.50. The van der Waals surface area contributed by atoms with E-state index in [9.17, 15) is 4.79 Å². The molecule has 0 saturated heterocycles. The molecule has 14 heavy (non-hydrogen) atoms. The highest BCUT2D eigenvalue weighted by molar-refractivity contribution is 9.10. The van der Waals surface area contributed by atoms with Crippen LogP contribution in [-0.2, 0) is 0 Å². The molecule has 2 nitrogen and oxygen atoms in total. The number of Topliss-reactive ketones (excluding diaryl/α,β-unsaturated/α-hetero) is 1. The van der Waals surface area contributed by atoms with Gasteiger partial charge in [0.15, 0.2) is 5.78 Å². The van der Waals surface area contributed by atoms with Crippen LogP contribution in [0.2, 0.25) is 0 Å². The van der Waals surface area contributed by atoms with E-state index in [1.54, 1.807) is 6.92 Å². The number of nitrogens with two attached hydrogens (primary N) is 1. The lowest BCUT2D eigenvalue weighted by atomic mass is 9.97. The molecule has 0 aliphatic heterocycles. The van der Waals surface area contributed by atoms with Crippen LogP contribution in [0.3, 0.4) is 0 Å². The Balaban J connectivity index is 3.27. The SMILES string of the molecule is Cc1cc(Br)cc(C(=O)C(C)N)c1C. The van der Waals surface area contributed by atoms with E-state index >= 15 is 0 Å². The Bertz CT molecular complexity index is 372. The third-order valence-electron chi connectivity index (χ3n) is 2.31. The van der Waals surface area contributed by atoms with Gasteiger partial charge in [-0.25, -0.2) is 0 Å². The molecule has 0 amide bonds. The second-order valence-corrected chi connectivity index (χ2v) is 4.46. The smallest absolute Gasteiger partial charge is 0.179 e. The van der Waals surface area contributed by atoms with Gasteiger partial charge in [0.1, 0.15) is 0 Å². The number of ketones is 1. The molecule has 0 fully saturated rings. The topological polar surface area (TPSA) is 43.1 Å². The molecule has 0 saturated carbocycles. The summed E-state index contributed by atoms with van der Waals surface area (Å²) >= 11 is 3.37. The number of halogens is 1. The zero-order valence-electron chi connectivity index (χ0n) is 8.60. The molecule has 0 aliphatic rings. The molecule has 0 heterocycles. The van der Waals surface area contributed by atoms with E-state index in [0.717, 1.165) is 15.6 Å². The zero-order chi connectivity index (χ0) is 10.9. The molecule has 2 N–H and O–H groups in total. The number of hydrogen-bond donors (Lipinski definition) is 1. The van der Waals surface area contributed by atoms with Crippen molar-refractivity contribution in [3.05, 3.63) is 33.3 Å². The quantitative estimate of drug-likeness (QED) is 0.826. The van der Waals surface area contributed by atoms with Crippen molar-refractivity contribution in [2.75, 3.05) is 0 Å². The van der Waals surface area contributed by atoms with Gasteiger partial charge in [0, 0.05) is 10.0 Å². The largest absolute Gasteiger partial charge is 0.321 e. The van der Waals surface area contributed by atoms with Gasteiger partial charge in [-0.2, -0.15) is 0 Å². The third-order valence-corrected chi connectivity index (χ3v) is 2.77. The van der Waals surface area contributed by atoms with Gasteiger partial charge in [0.05, 0.1) is 6.04 Å². The molecule has 1 unspecified atom stereocenters. The second-order valence-electron chi connectivity index (χ2n) is 3.55. The Morgan fingerprint density at radius 1 is 1.43 bits per heavy atom. The van der Waals surface area contributed by atoms with E-state index < -0.39 is 6.04 Å². The Morgan fingerprint density at radius 3 is 2.50 bits per heavy atom. The normalized spacial score (nSPS) is 12.6. The van der Waals surface area contributed by atoms with Gasteiger partial charge < -0.3 is 5.73 Å². The summed E-state index contributed by atoms with van der Waals surface area (Å²) in [6.45, 7) is 5.63. The van der Waals surface area contributed by atoms with Crippen LogP contribution in [-0.4, -0.2) is 11.8 Å². The molecule has 0 spiro atoms. The molecule has 0 radical (unpaired) electrons. The van der Waals surface area contributed by atoms with Crippen LogP contribution in [0.25, 0.3) is 0 Å². The number of carbonyl (C=O) groups excluding carboxylic acids is 1. The molecule has 1 aromatic rings. The highest BCUT2D eigenvalue weighted by Crippen LogP contribution is 2.21. The summed E-state index contributed by atoms with van der Waals surface area (Å²) in [6, 6.07) is 3.38. The van der Waals surface area contributed by atoms with E-state index in [4.69, 9.17) is 5.73 Å². The zero-order valence-corrected chi connectivity index (χ0v) is 10.2. The van der Waals surface area contributed by atoms with E-state index in [0.29, 0.717) is 5.56 Å². The molecule has 0 bridgehead atoms. The first kappa shape index (κ1) is 11.4. The number of benzene rings is 1. The minimum atomic E-state index is -0.442. The lowest BCUT2D eigenvalue weighted by Crippen LogP contribution is -2.27. The summed E-state index contributed by atoms with van der Waals surface area (Å²) in [6.07, 6.45) is 0. The average Bonchev–Trinajstić information content (AvgIpc) is 2.09. The van der Waals surface area contributed by atoms with Crippen molar-refractivity contribution in [2.24, 2.45) is 5.73 Å². The Hall–Kier alpha value is -0.670. The van der Waals surface area contributed by atoms with Crippen LogP contribution in [0.1, 0.15) is 28.4 Å². The molecule has 3 heteroatoms. The fourth-order valence-electron chi connectivity index (χ4n) is 1.32. The van der Waals surface area contributed by atoms with Crippen molar-refractivity contribution >= 4 is 21.7 Å². The van der Waals surface area contributed by atoms with Crippen molar-refractivity contribution in [2.45, 2.75) is 26.8 Å². The van der Waals surface area contributed by atoms with Crippen molar-refractivity contribution in [1.29, 1.82) is 0 Å². The van der Waals surface area contributed by atoms with Gasteiger partial charge in [-0.3, -0.25) is 4.79 Å². The molecule has 0 aromatic heterocycles. The maximum absolute atomic E-state index is 11.7. The highest BCUT2D eigenvalue weighted by atomic mass is 79.9. The van der Waals surface area contributed by atoms with E-state index in [-0.39, 0.29) is 5.78 Å². The molecular weight excluding hydrogens is 242 g/mol. The van der Waals surface area contributed by atoms with Crippen LogP contribution in [0, 0.1) is 13.8 Å². The maximum atomic E-state index is 11.7. The molecule has 1 aromatic carbocycles. The predicted molar refractivity (Wildman–Crippen MR) is 61.6 cm³/mol. The fourth-order valence-corrected chi connectivity index (χ4v) is 1.89. The van der Waals surface area contributed by atoms with Gasteiger partial charge in [0.2, 0.25) is 0 Å². The summed E-state index contributed by atoms with van der Waals surface area (Å²) in [5.41, 5.74) is 8.40. The minimum Gasteiger partial charge on any atom is -0.321 e. The first-order chi connectivity index (χ1) is 6.43. The number of carbonyl (C=O) groups is 1. The molecule has 76 valence electrons. The summed E-state index contributed by atoms with van der Waals surface area (Å²) in [7, 11) is 0. The van der Waals surface area contributed by atoms with Gasteiger partial charge in [-0.1, -0.05) is 15.9 Å². The molecule has 1 rings (SSSR count). The third kappa shape index (κ3) is 2.22. The van der Waals surface area contributed by atoms with Crippen LogP contribution in [0.4, 0.5) is 0 Å². The Kier molecular flexibility index (Phi) is 3.45. The van der Waals surface area contributed by atoms with Crippen LogP contribution < -0.4 is 5.73 Å².